The molecule has 0 atom stereocenters. The Balaban J connectivity index is 1.75. The van der Waals surface area contributed by atoms with E-state index in [1.807, 2.05) is 69.3 Å². The molecule has 31 heavy (non-hydrogen) atoms. The lowest BCUT2D eigenvalue weighted by atomic mass is 10.1. The first-order valence-electron chi connectivity index (χ1n) is 10.1. The Kier molecular flexibility index (Phi) is 7.59. The summed E-state index contributed by atoms with van der Waals surface area (Å²) >= 11 is 0. The number of hydrogen-bond donors (Lipinski definition) is 2. The van der Waals surface area contributed by atoms with E-state index in [1.165, 1.54) is 12.4 Å². The fourth-order valence-corrected chi connectivity index (χ4v) is 2.94. The lowest BCUT2D eigenvalue weighted by molar-refractivity contribution is 0.0668. The summed E-state index contributed by atoms with van der Waals surface area (Å²) < 4.78 is 32.7. The third-order valence-corrected chi connectivity index (χ3v) is 4.53. The van der Waals surface area contributed by atoms with Gasteiger partial charge in [0.1, 0.15) is 11.6 Å². The number of benzene rings is 2. The van der Waals surface area contributed by atoms with Crippen LogP contribution < -0.4 is 15.4 Å². The Hall–Kier alpha value is -3.42. The van der Waals surface area contributed by atoms with Gasteiger partial charge in [0.2, 0.25) is 0 Å². The van der Waals surface area contributed by atoms with Crippen molar-refractivity contribution in [3.05, 3.63) is 77.9 Å². The summed E-state index contributed by atoms with van der Waals surface area (Å²) in [5.74, 6) is 1.46. The van der Waals surface area contributed by atoms with E-state index in [4.69, 9.17) is 4.74 Å². The van der Waals surface area contributed by atoms with Crippen molar-refractivity contribution in [2.45, 2.75) is 46.5 Å². The molecule has 0 saturated heterocycles. The van der Waals surface area contributed by atoms with Crippen molar-refractivity contribution in [1.29, 1.82) is 0 Å². The van der Waals surface area contributed by atoms with Crippen molar-refractivity contribution in [2.75, 3.05) is 5.32 Å². The molecule has 0 aliphatic heterocycles. The second kappa shape index (κ2) is 10.6. The average molecular weight is 427 g/mol. The van der Waals surface area contributed by atoms with Crippen molar-refractivity contribution < 1.29 is 13.5 Å². The normalized spacial score (nSPS) is 11.8. The quantitative estimate of drug-likeness (QED) is 0.386. The number of guanidine groups is 1. The third kappa shape index (κ3) is 6.53. The van der Waals surface area contributed by atoms with Crippen LogP contribution >= 0.6 is 0 Å². The summed E-state index contributed by atoms with van der Waals surface area (Å²) in [4.78, 5) is 8.64. The first-order chi connectivity index (χ1) is 14.9. The topological polar surface area (TPSA) is 63.5 Å². The molecule has 1 heterocycles. The maximum atomic E-state index is 13.1. The minimum atomic E-state index is -2.65. The molecule has 2 N–H and O–H groups in total. The second-order valence-corrected chi connectivity index (χ2v) is 7.29. The zero-order chi connectivity index (χ0) is 22.2. The predicted octanol–water partition coefficient (Wildman–Crippen LogP) is 5.13. The number of aromatic nitrogens is 2. The highest BCUT2D eigenvalue weighted by atomic mass is 19.3. The number of aryl methyl sites for hydroxylation is 1. The molecule has 0 unspecified atom stereocenters. The largest absolute Gasteiger partial charge is 0.491 e. The molecule has 6 nitrogen and oxygen atoms in total. The average Bonchev–Trinajstić information content (AvgIpc) is 3.21. The van der Waals surface area contributed by atoms with Crippen LogP contribution in [-0.2, 0) is 13.1 Å². The van der Waals surface area contributed by atoms with E-state index < -0.39 is 6.55 Å². The van der Waals surface area contributed by atoms with E-state index in [-0.39, 0.29) is 18.5 Å². The summed E-state index contributed by atoms with van der Waals surface area (Å²) in [7, 11) is 0. The Labute approximate surface area is 181 Å². The monoisotopic (exact) mass is 427 g/mol. The maximum Gasteiger partial charge on any atom is 0.319 e. The van der Waals surface area contributed by atoms with Gasteiger partial charge in [0.15, 0.2) is 5.96 Å². The minimum absolute atomic E-state index is 0.0882. The second-order valence-electron chi connectivity index (χ2n) is 7.29. The van der Waals surface area contributed by atoms with Gasteiger partial charge in [0.25, 0.3) is 0 Å². The van der Waals surface area contributed by atoms with Crippen molar-refractivity contribution >= 4 is 11.6 Å². The first kappa shape index (κ1) is 22.3. The van der Waals surface area contributed by atoms with Crippen LogP contribution in [0.15, 0.2) is 65.9 Å². The van der Waals surface area contributed by atoms with Crippen LogP contribution in [0.1, 0.15) is 37.3 Å². The highest BCUT2D eigenvalue weighted by Gasteiger charge is 2.12. The van der Waals surface area contributed by atoms with Crippen LogP contribution in [0.25, 0.3) is 0 Å². The highest BCUT2D eigenvalue weighted by Crippen LogP contribution is 2.17. The number of aliphatic imine (C=N–C) groups is 1. The highest BCUT2D eigenvalue weighted by molar-refractivity contribution is 5.93. The number of hydrogen-bond acceptors (Lipinski definition) is 3. The van der Waals surface area contributed by atoms with Gasteiger partial charge in [-0.25, -0.2) is 9.98 Å². The van der Waals surface area contributed by atoms with Crippen LogP contribution in [0.3, 0.4) is 0 Å². The van der Waals surface area contributed by atoms with Crippen molar-refractivity contribution in [3.63, 3.8) is 0 Å². The number of nitrogens with one attached hydrogen (secondary N) is 2. The molecule has 1 aromatic heterocycles. The van der Waals surface area contributed by atoms with Crippen molar-refractivity contribution in [1.82, 2.24) is 14.9 Å². The molecule has 164 valence electrons. The number of alkyl halides is 2. The Bertz CT molecular complexity index is 999. The number of ether oxygens (including phenoxy) is 1. The van der Waals surface area contributed by atoms with E-state index in [9.17, 15) is 8.78 Å². The summed E-state index contributed by atoms with van der Waals surface area (Å²) in [5.41, 5.74) is 3.01. The third-order valence-electron chi connectivity index (χ3n) is 4.53. The molecule has 0 saturated carbocycles. The van der Waals surface area contributed by atoms with Gasteiger partial charge in [-0.2, -0.15) is 8.78 Å². The first-order valence-corrected chi connectivity index (χ1v) is 10.1. The molecule has 8 heteroatoms. The molecule has 3 rings (SSSR count). The molecule has 0 amide bonds. The predicted molar refractivity (Wildman–Crippen MR) is 118 cm³/mol. The van der Waals surface area contributed by atoms with Gasteiger partial charge < -0.3 is 15.4 Å². The fourth-order valence-electron chi connectivity index (χ4n) is 2.94. The lowest BCUT2D eigenvalue weighted by Crippen LogP contribution is -2.31. The SMILES string of the molecule is Cc1ccccc1CN=C(NCc1nccn1C(F)F)Nc1ccc(OC(C)C)cc1. The summed E-state index contributed by atoms with van der Waals surface area (Å²) in [6, 6.07) is 15.5. The molecule has 3 aromatic rings. The standard InChI is InChI=1S/C23H27F2N5O/c1-16(2)31-20-10-8-19(9-11-20)29-23(27-14-18-7-5-4-6-17(18)3)28-15-21-26-12-13-30(21)22(24)25/h4-13,16,22H,14-15H2,1-3H3,(H2,27,28,29). The van der Waals surface area contributed by atoms with Crippen LogP contribution in [0.5, 0.6) is 5.75 Å². The molecular formula is C23H27F2N5O. The molecule has 0 spiro atoms. The number of halogens is 2. The van der Waals surface area contributed by atoms with Crippen LogP contribution in [0.4, 0.5) is 14.5 Å². The van der Waals surface area contributed by atoms with Gasteiger partial charge >= 0.3 is 6.55 Å². The van der Waals surface area contributed by atoms with Crippen LogP contribution in [-0.4, -0.2) is 21.6 Å². The number of rotatable bonds is 8. The van der Waals surface area contributed by atoms with Crippen molar-refractivity contribution in [3.8, 4) is 5.75 Å². The van der Waals surface area contributed by atoms with Crippen molar-refractivity contribution in [2.24, 2.45) is 4.99 Å². The lowest BCUT2D eigenvalue weighted by Gasteiger charge is -2.15. The number of imidazole rings is 1. The zero-order valence-electron chi connectivity index (χ0n) is 17.8. The Morgan fingerprint density at radius 2 is 1.87 bits per heavy atom. The Morgan fingerprint density at radius 3 is 2.55 bits per heavy atom. The molecule has 0 radical (unpaired) electrons. The molecular weight excluding hydrogens is 400 g/mol. The number of anilines is 1. The van der Waals surface area contributed by atoms with Gasteiger partial charge in [0.05, 0.1) is 19.2 Å². The van der Waals surface area contributed by atoms with Gasteiger partial charge in [-0.3, -0.25) is 4.57 Å². The van der Waals surface area contributed by atoms with E-state index >= 15 is 0 Å². The van der Waals surface area contributed by atoms with Gasteiger partial charge in [0, 0.05) is 18.1 Å². The Morgan fingerprint density at radius 1 is 1.13 bits per heavy atom. The van der Waals surface area contributed by atoms with Gasteiger partial charge in [-0.05, 0) is 56.2 Å². The maximum absolute atomic E-state index is 13.1. The summed E-state index contributed by atoms with van der Waals surface area (Å²) in [6.45, 7) is 3.86. The summed E-state index contributed by atoms with van der Waals surface area (Å²) in [6.07, 6.45) is 2.70. The minimum Gasteiger partial charge on any atom is -0.491 e. The van der Waals surface area contributed by atoms with E-state index in [2.05, 4.69) is 20.6 Å². The fraction of sp³-hybridized carbons (Fsp3) is 0.304. The molecule has 0 aliphatic carbocycles. The van der Waals surface area contributed by atoms with Gasteiger partial charge in [-0.1, -0.05) is 24.3 Å². The van der Waals surface area contributed by atoms with E-state index in [1.54, 1.807) is 0 Å². The van der Waals surface area contributed by atoms with E-state index in [0.29, 0.717) is 12.5 Å². The van der Waals surface area contributed by atoms with E-state index in [0.717, 1.165) is 27.1 Å². The zero-order valence-corrected chi connectivity index (χ0v) is 17.8. The molecule has 0 aliphatic rings. The molecule has 0 bridgehead atoms. The van der Waals surface area contributed by atoms with Crippen LogP contribution in [0, 0.1) is 6.92 Å². The number of nitrogens with zero attached hydrogens (tertiary/aromatic N) is 3. The molecule has 0 fully saturated rings. The van der Waals surface area contributed by atoms with Gasteiger partial charge in [-0.15, -0.1) is 0 Å². The van der Waals surface area contributed by atoms with Crippen LogP contribution in [0.2, 0.25) is 0 Å². The molecule has 2 aromatic carbocycles. The smallest absolute Gasteiger partial charge is 0.319 e. The summed E-state index contributed by atoms with van der Waals surface area (Å²) in [5, 5.41) is 6.31.